The second kappa shape index (κ2) is 9.74. The highest BCUT2D eigenvalue weighted by Crippen LogP contribution is 2.26. The fraction of sp³-hybridized carbons (Fsp3) is 0.346. The van der Waals surface area contributed by atoms with Crippen LogP contribution in [0.3, 0.4) is 0 Å². The number of fused-ring (bicyclic) bond motifs is 1. The number of hydrogen-bond acceptors (Lipinski definition) is 4. The van der Waals surface area contributed by atoms with E-state index >= 15 is 0 Å². The molecule has 4 rings (SSSR count). The standard InChI is InChI=1S/C26H29NO4S/c1-2-3-16-31-24-13-11-21(12-14-24)26(28)27(23-15-17-32(29,30)19-23)18-22-9-6-8-20-7-4-5-10-25(20)22/h4-14,23H,2-3,15-19H2,1H3/t23-/m1/s1. The van der Waals surface area contributed by atoms with Gasteiger partial charge in [-0.1, -0.05) is 55.8 Å². The van der Waals surface area contributed by atoms with E-state index in [1.54, 1.807) is 17.0 Å². The molecule has 32 heavy (non-hydrogen) atoms. The molecule has 1 atom stereocenters. The van der Waals surface area contributed by atoms with Gasteiger partial charge in [-0.05, 0) is 53.4 Å². The maximum Gasteiger partial charge on any atom is 0.254 e. The van der Waals surface area contributed by atoms with Gasteiger partial charge in [0.15, 0.2) is 9.84 Å². The number of benzene rings is 3. The van der Waals surface area contributed by atoms with Gasteiger partial charge >= 0.3 is 0 Å². The smallest absolute Gasteiger partial charge is 0.254 e. The number of rotatable bonds is 8. The molecule has 0 N–H and O–H groups in total. The Morgan fingerprint density at radius 2 is 1.78 bits per heavy atom. The first kappa shape index (κ1) is 22.3. The molecule has 0 aliphatic carbocycles. The van der Waals surface area contributed by atoms with Crippen LogP contribution in [-0.4, -0.2) is 43.4 Å². The third-order valence-electron chi connectivity index (χ3n) is 6.00. The monoisotopic (exact) mass is 451 g/mol. The lowest BCUT2D eigenvalue weighted by molar-refractivity contribution is 0.0682. The van der Waals surface area contributed by atoms with Crippen LogP contribution in [0.25, 0.3) is 10.8 Å². The lowest BCUT2D eigenvalue weighted by Gasteiger charge is -2.29. The van der Waals surface area contributed by atoms with Crippen molar-refractivity contribution in [2.45, 2.75) is 38.8 Å². The average molecular weight is 452 g/mol. The van der Waals surface area contributed by atoms with Gasteiger partial charge in [0.05, 0.1) is 18.1 Å². The molecule has 0 unspecified atom stereocenters. The summed E-state index contributed by atoms with van der Waals surface area (Å²) in [6.07, 6.45) is 2.51. The van der Waals surface area contributed by atoms with E-state index in [0.29, 0.717) is 25.1 Å². The predicted octanol–water partition coefficient (Wildman–Crippen LogP) is 4.85. The molecule has 1 heterocycles. The zero-order chi connectivity index (χ0) is 22.6. The second-order valence-electron chi connectivity index (χ2n) is 8.35. The molecule has 1 aliphatic rings. The Hall–Kier alpha value is -2.86. The first-order chi connectivity index (χ1) is 15.5. The van der Waals surface area contributed by atoms with E-state index in [9.17, 15) is 13.2 Å². The minimum atomic E-state index is -3.12. The van der Waals surface area contributed by atoms with Crippen molar-refractivity contribution in [3.8, 4) is 5.75 Å². The minimum absolute atomic E-state index is 0.0156. The van der Waals surface area contributed by atoms with Crippen molar-refractivity contribution in [2.75, 3.05) is 18.1 Å². The molecule has 0 saturated carbocycles. The molecule has 168 valence electrons. The number of unbranched alkanes of at least 4 members (excludes halogenated alkanes) is 1. The zero-order valence-electron chi connectivity index (χ0n) is 18.4. The summed E-state index contributed by atoms with van der Waals surface area (Å²) in [6.45, 7) is 3.13. The van der Waals surface area contributed by atoms with E-state index in [0.717, 1.165) is 34.9 Å². The fourth-order valence-electron chi connectivity index (χ4n) is 4.20. The largest absolute Gasteiger partial charge is 0.494 e. The number of carbonyl (C=O) groups excluding carboxylic acids is 1. The van der Waals surface area contributed by atoms with Crippen LogP contribution in [0, 0.1) is 0 Å². The number of hydrogen-bond donors (Lipinski definition) is 0. The van der Waals surface area contributed by atoms with Crippen LogP contribution in [0.2, 0.25) is 0 Å². The Kier molecular flexibility index (Phi) is 6.80. The summed E-state index contributed by atoms with van der Waals surface area (Å²) < 4.78 is 30.1. The molecule has 6 heteroatoms. The number of amides is 1. The molecule has 3 aromatic rings. The SMILES string of the molecule is CCCCOc1ccc(C(=O)N(Cc2cccc3ccccc23)[C@@H]2CCS(=O)(=O)C2)cc1. The summed E-state index contributed by atoms with van der Waals surface area (Å²) in [5, 5.41) is 2.18. The Labute approximate surface area is 189 Å². The molecule has 5 nitrogen and oxygen atoms in total. The van der Waals surface area contributed by atoms with Gasteiger partial charge in [-0.3, -0.25) is 4.79 Å². The van der Waals surface area contributed by atoms with Crippen LogP contribution < -0.4 is 4.74 Å². The van der Waals surface area contributed by atoms with Gasteiger partial charge in [-0.2, -0.15) is 0 Å². The maximum absolute atomic E-state index is 13.5. The lowest BCUT2D eigenvalue weighted by atomic mass is 10.0. The Balaban J connectivity index is 1.61. The van der Waals surface area contributed by atoms with Crippen molar-refractivity contribution in [2.24, 2.45) is 0 Å². The van der Waals surface area contributed by atoms with Crippen molar-refractivity contribution in [3.63, 3.8) is 0 Å². The third-order valence-corrected chi connectivity index (χ3v) is 7.75. The highest BCUT2D eigenvalue weighted by Gasteiger charge is 2.35. The van der Waals surface area contributed by atoms with E-state index in [2.05, 4.69) is 6.92 Å². The van der Waals surface area contributed by atoms with E-state index in [-0.39, 0.29) is 23.5 Å². The minimum Gasteiger partial charge on any atom is -0.494 e. The Bertz CT molecular complexity index is 1180. The summed E-state index contributed by atoms with van der Waals surface area (Å²) >= 11 is 0. The van der Waals surface area contributed by atoms with Crippen LogP contribution >= 0.6 is 0 Å². The molecule has 0 spiro atoms. The first-order valence-corrected chi connectivity index (χ1v) is 13.0. The predicted molar refractivity (Wildman–Crippen MR) is 128 cm³/mol. The molecule has 1 saturated heterocycles. The molecular formula is C26H29NO4S. The van der Waals surface area contributed by atoms with Gasteiger partial charge in [0.25, 0.3) is 5.91 Å². The van der Waals surface area contributed by atoms with Crippen molar-refractivity contribution in [1.29, 1.82) is 0 Å². The van der Waals surface area contributed by atoms with Gasteiger partial charge in [0.2, 0.25) is 0 Å². The number of ether oxygens (including phenoxy) is 1. The van der Waals surface area contributed by atoms with E-state index < -0.39 is 9.84 Å². The number of carbonyl (C=O) groups is 1. The summed E-state index contributed by atoms with van der Waals surface area (Å²) in [5.41, 5.74) is 1.55. The highest BCUT2D eigenvalue weighted by atomic mass is 32.2. The topological polar surface area (TPSA) is 63.7 Å². The van der Waals surface area contributed by atoms with Crippen molar-refractivity contribution in [1.82, 2.24) is 4.90 Å². The van der Waals surface area contributed by atoms with Crippen molar-refractivity contribution >= 4 is 26.5 Å². The summed E-state index contributed by atoms with van der Waals surface area (Å²) in [7, 11) is -3.12. The van der Waals surface area contributed by atoms with Gasteiger partial charge in [0.1, 0.15) is 5.75 Å². The van der Waals surface area contributed by atoms with Gasteiger partial charge in [-0.25, -0.2) is 8.42 Å². The van der Waals surface area contributed by atoms with Crippen LogP contribution in [-0.2, 0) is 16.4 Å². The summed E-state index contributed by atoms with van der Waals surface area (Å²) in [6, 6.07) is 20.9. The molecular weight excluding hydrogens is 422 g/mol. The van der Waals surface area contributed by atoms with Crippen molar-refractivity contribution < 1.29 is 17.9 Å². The molecule has 0 bridgehead atoms. The van der Waals surface area contributed by atoms with Gasteiger partial charge in [0, 0.05) is 18.2 Å². The van der Waals surface area contributed by atoms with Crippen LogP contribution in [0.5, 0.6) is 5.75 Å². The Morgan fingerprint density at radius 1 is 1.03 bits per heavy atom. The molecule has 1 aliphatic heterocycles. The molecule has 1 fully saturated rings. The molecule has 0 radical (unpaired) electrons. The van der Waals surface area contributed by atoms with E-state index in [1.807, 2.05) is 54.6 Å². The quantitative estimate of drug-likeness (QED) is 0.460. The van der Waals surface area contributed by atoms with Crippen LogP contribution in [0.15, 0.2) is 66.7 Å². The van der Waals surface area contributed by atoms with E-state index in [1.165, 1.54) is 0 Å². The van der Waals surface area contributed by atoms with Crippen LogP contribution in [0.1, 0.15) is 42.1 Å². The fourth-order valence-corrected chi connectivity index (χ4v) is 5.93. The lowest BCUT2D eigenvalue weighted by Crippen LogP contribution is -2.40. The Morgan fingerprint density at radius 3 is 2.50 bits per heavy atom. The summed E-state index contributed by atoms with van der Waals surface area (Å²) in [5.74, 6) is 0.724. The van der Waals surface area contributed by atoms with E-state index in [4.69, 9.17) is 4.74 Å². The number of sulfone groups is 1. The van der Waals surface area contributed by atoms with Gasteiger partial charge in [-0.15, -0.1) is 0 Å². The average Bonchev–Trinajstić information content (AvgIpc) is 3.17. The maximum atomic E-state index is 13.5. The first-order valence-electron chi connectivity index (χ1n) is 11.2. The number of nitrogens with zero attached hydrogens (tertiary/aromatic N) is 1. The molecule has 3 aromatic carbocycles. The third kappa shape index (κ3) is 5.13. The molecule has 1 amide bonds. The highest BCUT2D eigenvalue weighted by molar-refractivity contribution is 7.91. The van der Waals surface area contributed by atoms with Crippen molar-refractivity contribution in [3.05, 3.63) is 77.9 Å². The van der Waals surface area contributed by atoms with Crippen LogP contribution in [0.4, 0.5) is 0 Å². The summed E-state index contributed by atoms with van der Waals surface area (Å²) in [4.78, 5) is 15.3. The van der Waals surface area contributed by atoms with Gasteiger partial charge < -0.3 is 9.64 Å². The zero-order valence-corrected chi connectivity index (χ0v) is 19.2. The normalized spacial score (nSPS) is 17.3. The second-order valence-corrected chi connectivity index (χ2v) is 10.6. The molecule has 0 aromatic heterocycles.